The molecule has 1 aliphatic rings. The zero-order valence-electron chi connectivity index (χ0n) is 13.4. The van der Waals surface area contributed by atoms with Gasteiger partial charge in [-0.1, -0.05) is 29.3 Å². The highest BCUT2D eigenvalue weighted by atomic mass is 35.5. The van der Waals surface area contributed by atoms with Crippen molar-refractivity contribution >= 4 is 46.5 Å². The summed E-state index contributed by atoms with van der Waals surface area (Å²) in [6.07, 6.45) is 2.07. The molecule has 0 saturated carbocycles. The molecular weight excluding hydrogens is 361 g/mol. The van der Waals surface area contributed by atoms with Gasteiger partial charge in [-0.25, -0.2) is 4.79 Å². The van der Waals surface area contributed by atoms with E-state index in [9.17, 15) is 9.59 Å². The van der Waals surface area contributed by atoms with Crippen molar-refractivity contribution in [2.75, 3.05) is 23.7 Å². The van der Waals surface area contributed by atoms with Gasteiger partial charge in [0, 0.05) is 40.1 Å². The van der Waals surface area contributed by atoms with Crippen molar-refractivity contribution in [1.29, 1.82) is 0 Å². The van der Waals surface area contributed by atoms with Gasteiger partial charge in [0.15, 0.2) is 0 Å². The summed E-state index contributed by atoms with van der Waals surface area (Å²) in [6.45, 7) is 1.55. The van der Waals surface area contributed by atoms with Crippen LogP contribution in [0.2, 0.25) is 10.0 Å². The maximum absolute atomic E-state index is 12.3. The highest BCUT2D eigenvalue weighted by molar-refractivity contribution is 6.35. The molecule has 130 valence electrons. The van der Waals surface area contributed by atoms with E-state index in [2.05, 4.69) is 10.6 Å². The number of hydrogen-bond donors (Lipinski definition) is 2. The summed E-state index contributed by atoms with van der Waals surface area (Å²) in [4.78, 5) is 26.3. The molecule has 3 amide bonds. The van der Waals surface area contributed by atoms with Crippen LogP contribution in [0, 0.1) is 0 Å². The number of benzene rings is 2. The molecule has 5 nitrogen and oxygen atoms in total. The Labute approximate surface area is 155 Å². The Kier molecular flexibility index (Phi) is 5.46. The first-order chi connectivity index (χ1) is 12.0. The van der Waals surface area contributed by atoms with Gasteiger partial charge in [0.25, 0.3) is 5.91 Å². The number of amides is 3. The minimum Gasteiger partial charge on any atom is -0.325 e. The van der Waals surface area contributed by atoms with Gasteiger partial charge >= 0.3 is 6.03 Å². The van der Waals surface area contributed by atoms with Gasteiger partial charge in [0.1, 0.15) is 0 Å². The molecule has 0 radical (unpaired) electrons. The highest BCUT2D eigenvalue weighted by Crippen LogP contribution is 2.21. The Hall–Kier alpha value is -2.24. The largest absolute Gasteiger partial charge is 0.325 e. The lowest BCUT2D eigenvalue weighted by Crippen LogP contribution is -2.32. The third-order valence-corrected chi connectivity index (χ3v) is 4.33. The van der Waals surface area contributed by atoms with Gasteiger partial charge in [-0.2, -0.15) is 0 Å². The number of nitrogens with zero attached hydrogens (tertiary/aromatic N) is 1. The first-order valence-corrected chi connectivity index (χ1v) is 8.70. The zero-order valence-corrected chi connectivity index (χ0v) is 14.9. The van der Waals surface area contributed by atoms with Crippen LogP contribution >= 0.6 is 23.2 Å². The average molecular weight is 378 g/mol. The molecule has 0 atom stereocenters. The number of nitrogens with one attached hydrogen (secondary N) is 2. The number of likely N-dealkylation sites (tertiary alicyclic amines) is 1. The molecule has 1 saturated heterocycles. The first kappa shape index (κ1) is 17.6. The summed E-state index contributed by atoms with van der Waals surface area (Å²) in [7, 11) is 0. The molecule has 0 spiro atoms. The van der Waals surface area contributed by atoms with E-state index in [0.29, 0.717) is 27.0 Å². The van der Waals surface area contributed by atoms with Crippen molar-refractivity contribution in [2.45, 2.75) is 12.8 Å². The molecule has 1 fully saturated rings. The minimum atomic E-state index is -0.326. The predicted octanol–water partition coefficient (Wildman–Crippen LogP) is 4.87. The fourth-order valence-corrected chi connectivity index (χ4v) is 3.21. The maximum atomic E-state index is 12.3. The molecule has 2 aromatic rings. The molecule has 3 rings (SSSR count). The monoisotopic (exact) mass is 377 g/mol. The van der Waals surface area contributed by atoms with Crippen LogP contribution in [-0.2, 0) is 0 Å². The Balaban J connectivity index is 1.68. The van der Waals surface area contributed by atoms with Crippen LogP contribution in [0.25, 0.3) is 0 Å². The van der Waals surface area contributed by atoms with Crippen molar-refractivity contribution < 1.29 is 9.59 Å². The number of carbonyl (C=O) groups is 2. The standard InChI is InChI=1S/C18H17Cl2N3O2/c19-13-8-12(9-14(20)10-13)17(24)21-15-4-3-5-16(11-15)22-18(25)23-6-1-2-7-23/h3-5,8-11H,1-2,6-7H2,(H,21,24)(H,22,25). The molecule has 25 heavy (non-hydrogen) atoms. The average Bonchev–Trinajstić information content (AvgIpc) is 3.09. The Morgan fingerprint density at radius 1 is 0.880 bits per heavy atom. The second-order valence-electron chi connectivity index (χ2n) is 5.82. The van der Waals surface area contributed by atoms with Crippen LogP contribution in [-0.4, -0.2) is 29.9 Å². The van der Waals surface area contributed by atoms with Gasteiger partial charge in [-0.3, -0.25) is 4.79 Å². The van der Waals surface area contributed by atoms with E-state index in [0.717, 1.165) is 25.9 Å². The van der Waals surface area contributed by atoms with Crippen molar-refractivity contribution in [3.63, 3.8) is 0 Å². The van der Waals surface area contributed by atoms with E-state index in [1.807, 2.05) is 0 Å². The summed E-state index contributed by atoms with van der Waals surface area (Å²) < 4.78 is 0. The van der Waals surface area contributed by atoms with E-state index in [1.165, 1.54) is 0 Å². The topological polar surface area (TPSA) is 61.4 Å². The van der Waals surface area contributed by atoms with Crippen LogP contribution in [0.15, 0.2) is 42.5 Å². The van der Waals surface area contributed by atoms with Gasteiger partial charge in [0.05, 0.1) is 0 Å². The van der Waals surface area contributed by atoms with E-state index in [4.69, 9.17) is 23.2 Å². The van der Waals surface area contributed by atoms with Crippen LogP contribution in [0.4, 0.5) is 16.2 Å². The number of hydrogen-bond acceptors (Lipinski definition) is 2. The van der Waals surface area contributed by atoms with E-state index >= 15 is 0 Å². The van der Waals surface area contributed by atoms with Gasteiger partial charge in [-0.15, -0.1) is 0 Å². The summed E-state index contributed by atoms with van der Waals surface area (Å²) in [5.74, 6) is -0.326. The maximum Gasteiger partial charge on any atom is 0.321 e. The van der Waals surface area contributed by atoms with Crippen molar-refractivity contribution in [2.24, 2.45) is 0 Å². The van der Waals surface area contributed by atoms with Crippen LogP contribution < -0.4 is 10.6 Å². The normalized spacial score (nSPS) is 13.6. The lowest BCUT2D eigenvalue weighted by Gasteiger charge is -2.16. The summed E-state index contributed by atoms with van der Waals surface area (Å²) >= 11 is 11.9. The Morgan fingerprint density at radius 2 is 1.48 bits per heavy atom. The second kappa shape index (κ2) is 7.76. The van der Waals surface area contributed by atoms with E-state index < -0.39 is 0 Å². The predicted molar refractivity (Wildman–Crippen MR) is 101 cm³/mol. The van der Waals surface area contributed by atoms with Gasteiger partial charge in [-0.05, 0) is 49.2 Å². The quantitative estimate of drug-likeness (QED) is 0.800. The first-order valence-electron chi connectivity index (χ1n) is 7.95. The van der Waals surface area contributed by atoms with Crippen molar-refractivity contribution in [1.82, 2.24) is 4.90 Å². The van der Waals surface area contributed by atoms with Gasteiger partial charge in [0.2, 0.25) is 0 Å². The fourth-order valence-electron chi connectivity index (χ4n) is 2.69. The Bertz CT molecular complexity index is 784. The third kappa shape index (κ3) is 4.65. The number of rotatable bonds is 3. The smallest absolute Gasteiger partial charge is 0.321 e. The molecule has 2 N–H and O–H groups in total. The third-order valence-electron chi connectivity index (χ3n) is 3.89. The fraction of sp³-hybridized carbons (Fsp3) is 0.222. The molecular formula is C18H17Cl2N3O2. The second-order valence-corrected chi connectivity index (χ2v) is 6.69. The summed E-state index contributed by atoms with van der Waals surface area (Å²) in [6, 6.07) is 11.5. The van der Waals surface area contributed by atoms with E-state index in [-0.39, 0.29) is 11.9 Å². The van der Waals surface area contributed by atoms with Crippen LogP contribution in [0.5, 0.6) is 0 Å². The molecule has 0 bridgehead atoms. The number of carbonyl (C=O) groups excluding carboxylic acids is 2. The molecule has 0 unspecified atom stereocenters. The minimum absolute atomic E-state index is 0.123. The molecule has 1 aliphatic heterocycles. The highest BCUT2D eigenvalue weighted by Gasteiger charge is 2.17. The lowest BCUT2D eigenvalue weighted by molar-refractivity contribution is 0.102. The van der Waals surface area contributed by atoms with Crippen molar-refractivity contribution in [3.8, 4) is 0 Å². The number of halogens is 2. The number of urea groups is 1. The molecule has 0 aliphatic carbocycles. The Morgan fingerprint density at radius 3 is 2.12 bits per heavy atom. The lowest BCUT2D eigenvalue weighted by atomic mass is 10.2. The zero-order chi connectivity index (χ0) is 17.8. The van der Waals surface area contributed by atoms with Crippen LogP contribution in [0.1, 0.15) is 23.2 Å². The molecule has 7 heteroatoms. The van der Waals surface area contributed by atoms with Gasteiger partial charge < -0.3 is 15.5 Å². The van der Waals surface area contributed by atoms with Crippen molar-refractivity contribution in [3.05, 3.63) is 58.1 Å². The summed E-state index contributed by atoms with van der Waals surface area (Å²) in [5, 5.41) is 6.41. The number of anilines is 2. The van der Waals surface area contributed by atoms with Crippen LogP contribution in [0.3, 0.4) is 0 Å². The summed E-state index contributed by atoms with van der Waals surface area (Å²) in [5.41, 5.74) is 1.56. The molecule has 0 aromatic heterocycles. The molecule has 1 heterocycles. The SMILES string of the molecule is O=C(Nc1cccc(NC(=O)N2CCCC2)c1)c1cc(Cl)cc(Cl)c1. The van der Waals surface area contributed by atoms with E-state index in [1.54, 1.807) is 47.4 Å². The molecule has 2 aromatic carbocycles.